The van der Waals surface area contributed by atoms with E-state index in [-0.39, 0.29) is 18.6 Å². The van der Waals surface area contributed by atoms with Gasteiger partial charge in [-0.3, -0.25) is 4.79 Å². The number of rotatable bonds is 9. The molecule has 4 nitrogen and oxygen atoms in total. The number of benzene rings is 2. The molecular formula is C20H27NO3. The molecule has 0 aliphatic rings. The van der Waals surface area contributed by atoms with Crippen molar-refractivity contribution in [2.75, 3.05) is 26.9 Å². The van der Waals surface area contributed by atoms with Gasteiger partial charge in [-0.25, -0.2) is 0 Å². The Morgan fingerprint density at radius 2 is 1.79 bits per heavy atom. The van der Waals surface area contributed by atoms with Crippen LogP contribution in [0, 0.1) is 0 Å². The molecule has 2 rings (SSSR count). The number of amides is 1. The second-order valence-electron chi connectivity index (χ2n) is 5.82. The SMILES string of the molecule is CCC(CC)N(CCOC)C(=O)COc1cccc2ccccc12. The lowest BCUT2D eigenvalue weighted by Gasteiger charge is -2.30. The second kappa shape index (κ2) is 9.28. The third-order valence-corrected chi connectivity index (χ3v) is 4.34. The van der Waals surface area contributed by atoms with Crippen LogP contribution in [0.1, 0.15) is 26.7 Å². The third kappa shape index (κ3) is 4.48. The fourth-order valence-corrected chi connectivity index (χ4v) is 2.97. The van der Waals surface area contributed by atoms with Crippen molar-refractivity contribution >= 4 is 16.7 Å². The Kier molecular flexibility index (Phi) is 7.07. The molecule has 1 amide bonds. The van der Waals surface area contributed by atoms with Crippen molar-refractivity contribution in [1.82, 2.24) is 4.90 Å². The Bertz CT molecular complexity index is 647. The maximum Gasteiger partial charge on any atom is 0.260 e. The number of fused-ring (bicyclic) bond motifs is 1. The summed E-state index contributed by atoms with van der Waals surface area (Å²) in [6.45, 7) is 5.39. The third-order valence-electron chi connectivity index (χ3n) is 4.34. The van der Waals surface area contributed by atoms with E-state index in [4.69, 9.17) is 9.47 Å². The van der Waals surface area contributed by atoms with E-state index in [1.165, 1.54) is 0 Å². The van der Waals surface area contributed by atoms with E-state index >= 15 is 0 Å². The van der Waals surface area contributed by atoms with Crippen molar-refractivity contribution < 1.29 is 14.3 Å². The zero-order valence-corrected chi connectivity index (χ0v) is 14.8. The molecule has 0 aliphatic heterocycles. The summed E-state index contributed by atoms with van der Waals surface area (Å²) in [4.78, 5) is 14.5. The van der Waals surface area contributed by atoms with Crippen LogP contribution in [0.3, 0.4) is 0 Å². The molecular weight excluding hydrogens is 302 g/mol. The van der Waals surface area contributed by atoms with Crippen LogP contribution < -0.4 is 4.74 Å². The monoisotopic (exact) mass is 329 g/mol. The highest BCUT2D eigenvalue weighted by Gasteiger charge is 2.21. The van der Waals surface area contributed by atoms with E-state index in [1.807, 2.05) is 47.4 Å². The van der Waals surface area contributed by atoms with Gasteiger partial charge in [0.25, 0.3) is 5.91 Å². The molecule has 0 aromatic heterocycles. The van der Waals surface area contributed by atoms with E-state index in [9.17, 15) is 4.79 Å². The minimum Gasteiger partial charge on any atom is -0.483 e. The van der Waals surface area contributed by atoms with Gasteiger partial charge in [0.2, 0.25) is 0 Å². The fourth-order valence-electron chi connectivity index (χ4n) is 2.97. The van der Waals surface area contributed by atoms with Gasteiger partial charge in [0, 0.05) is 25.1 Å². The Labute approximate surface area is 144 Å². The number of methoxy groups -OCH3 is 1. The Balaban J connectivity index is 2.08. The molecule has 0 fully saturated rings. The fraction of sp³-hybridized carbons (Fsp3) is 0.450. The molecule has 0 saturated heterocycles. The zero-order chi connectivity index (χ0) is 17.4. The maximum absolute atomic E-state index is 12.7. The first-order valence-corrected chi connectivity index (χ1v) is 8.60. The summed E-state index contributed by atoms with van der Waals surface area (Å²) in [6, 6.07) is 14.2. The summed E-state index contributed by atoms with van der Waals surface area (Å²) < 4.78 is 11.0. The van der Waals surface area contributed by atoms with Crippen LogP contribution in [0.2, 0.25) is 0 Å². The summed E-state index contributed by atoms with van der Waals surface area (Å²) in [6.07, 6.45) is 1.86. The largest absolute Gasteiger partial charge is 0.483 e. The molecule has 4 heteroatoms. The first kappa shape index (κ1) is 18.3. The molecule has 0 heterocycles. The summed E-state index contributed by atoms with van der Waals surface area (Å²) in [5, 5.41) is 2.14. The normalized spacial score (nSPS) is 11.0. The quantitative estimate of drug-likeness (QED) is 0.701. The van der Waals surface area contributed by atoms with Crippen LogP contribution in [-0.2, 0) is 9.53 Å². The van der Waals surface area contributed by atoms with Crippen LogP contribution in [0.15, 0.2) is 42.5 Å². The zero-order valence-electron chi connectivity index (χ0n) is 14.8. The van der Waals surface area contributed by atoms with Crippen LogP contribution in [0.25, 0.3) is 10.8 Å². The topological polar surface area (TPSA) is 38.8 Å². The molecule has 24 heavy (non-hydrogen) atoms. The van der Waals surface area contributed by atoms with E-state index in [0.29, 0.717) is 13.2 Å². The predicted molar refractivity (Wildman–Crippen MR) is 97.4 cm³/mol. The number of hydrogen-bond acceptors (Lipinski definition) is 3. The minimum atomic E-state index is 0.00804. The van der Waals surface area contributed by atoms with Gasteiger partial charge in [0.1, 0.15) is 5.75 Å². The van der Waals surface area contributed by atoms with Gasteiger partial charge in [-0.05, 0) is 24.3 Å². The molecule has 0 saturated carbocycles. The van der Waals surface area contributed by atoms with Gasteiger partial charge in [0.15, 0.2) is 6.61 Å². The molecule has 0 N–H and O–H groups in total. The Hall–Kier alpha value is -2.07. The number of carbonyl (C=O) groups is 1. The van der Waals surface area contributed by atoms with Gasteiger partial charge >= 0.3 is 0 Å². The Morgan fingerprint density at radius 3 is 2.50 bits per heavy atom. The van der Waals surface area contributed by atoms with Crippen molar-refractivity contribution in [3.8, 4) is 5.75 Å². The molecule has 0 unspecified atom stereocenters. The van der Waals surface area contributed by atoms with Gasteiger partial charge in [-0.2, -0.15) is 0 Å². The molecule has 2 aromatic carbocycles. The summed E-state index contributed by atoms with van der Waals surface area (Å²) >= 11 is 0. The number of ether oxygens (including phenoxy) is 2. The Morgan fingerprint density at radius 1 is 1.08 bits per heavy atom. The highest BCUT2D eigenvalue weighted by Crippen LogP contribution is 2.25. The highest BCUT2D eigenvalue weighted by molar-refractivity contribution is 5.88. The first-order chi connectivity index (χ1) is 11.7. The van der Waals surface area contributed by atoms with Gasteiger partial charge < -0.3 is 14.4 Å². The highest BCUT2D eigenvalue weighted by atomic mass is 16.5. The average Bonchev–Trinajstić information content (AvgIpc) is 2.63. The molecule has 0 atom stereocenters. The molecule has 130 valence electrons. The van der Waals surface area contributed by atoms with Crippen molar-refractivity contribution in [3.63, 3.8) is 0 Å². The molecule has 0 aliphatic carbocycles. The van der Waals surface area contributed by atoms with E-state index < -0.39 is 0 Å². The summed E-state index contributed by atoms with van der Waals surface area (Å²) in [5.41, 5.74) is 0. The maximum atomic E-state index is 12.7. The van der Waals surface area contributed by atoms with Crippen molar-refractivity contribution in [2.24, 2.45) is 0 Å². The summed E-state index contributed by atoms with van der Waals surface area (Å²) in [5.74, 6) is 0.756. The van der Waals surface area contributed by atoms with E-state index in [2.05, 4.69) is 13.8 Å². The van der Waals surface area contributed by atoms with E-state index in [0.717, 1.165) is 29.4 Å². The van der Waals surface area contributed by atoms with Crippen LogP contribution in [0.5, 0.6) is 5.75 Å². The van der Waals surface area contributed by atoms with Crippen molar-refractivity contribution in [2.45, 2.75) is 32.7 Å². The minimum absolute atomic E-state index is 0.00804. The van der Waals surface area contributed by atoms with Gasteiger partial charge in [0.05, 0.1) is 6.61 Å². The van der Waals surface area contributed by atoms with Crippen molar-refractivity contribution in [3.05, 3.63) is 42.5 Å². The lowest BCUT2D eigenvalue weighted by Crippen LogP contribution is -2.44. The standard InChI is InChI=1S/C20H27NO3/c1-4-17(5-2)21(13-14-23-3)20(22)15-24-19-12-8-10-16-9-6-7-11-18(16)19/h6-12,17H,4-5,13-15H2,1-3H3. The molecule has 2 aromatic rings. The number of hydrogen-bond donors (Lipinski definition) is 0. The lowest BCUT2D eigenvalue weighted by molar-refractivity contribution is -0.136. The predicted octanol–water partition coefficient (Wildman–Crippen LogP) is 3.88. The number of nitrogens with zero attached hydrogens (tertiary/aromatic N) is 1. The van der Waals surface area contributed by atoms with Crippen molar-refractivity contribution in [1.29, 1.82) is 0 Å². The van der Waals surface area contributed by atoms with Gasteiger partial charge in [-0.1, -0.05) is 50.2 Å². The smallest absolute Gasteiger partial charge is 0.260 e. The molecule has 0 spiro atoms. The van der Waals surface area contributed by atoms with Crippen LogP contribution in [-0.4, -0.2) is 43.7 Å². The van der Waals surface area contributed by atoms with Gasteiger partial charge in [-0.15, -0.1) is 0 Å². The first-order valence-electron chi connectivity index (χ1n) is 8.60. The molecule has 0 radical (unpaired) electrons. The lowest BCUT2D eigenvalue weighted by atomic mass is 10.1. The average molecular weight is 329 g/mol. The van der Waals surface area contributed by atoms with Crippen LogP contribution in [0.4, 0.5) is 0 Å². The summed E-state index contributed by atoms with van der Waals surface area (Å²) in [7, 11) is 1.65. The molecule has 0 bridgehead atoms. The van der Waals surface area contributed by atoms with Crippen LogP contribution >= 0.6 is 0 Å². The van der Waals surface area contributed by atoms with E-state index in [1.54, 1.807) is 7.11 Å². The second-order valence-corrected chi connectivity index (χ2v) is 5.82. The number of carbonyl (C=O) groups excluding carboxylic acids is 1.